The Kier molecular flexibility index (Phi) is 3.63. The third-order valence-electron chi connectivity index (χ3n) is 4.98. The monoisotopic (exact) mass is 223 g/mol. The van der Waals surface area contributed by atoms with Gasteiger partial charge in [-0.05, 0) is 49.4 Å². The molecule has 4 unspecified atom stereocenters. The molecule has 1 N–H and O–H groups in total. The minimum Gasteiger partial charge on any atom is -0.311 e. The van der Waals surface area contributed by atoms with Crippen molar-refractivity contribution in [3.05, 3.63) is 0 Å². The molecule has 0 saturated heterocycles. The predicted octanol–water partition coefficient (Wildman–Crippen LogP) is 3.98. The Hall–Kier alpha value is -0.0400. The standard InChI is InChI=1S/C15H29N/c1-11-6-5-7-13(11)16-14-8-9-15(3,4)10-12(14)2/h11-14,16H,5-10H2,1-4H3. The molecule has 1 heteroatoms. The summed E-state index contributed by atoms with van der Waals surface area (Å²) in [6.07, 6.45) is 8.46. The SMILES string of the molecule is CC1CCCC1NC1CCC(C)(C)CC1C. The van der Waals surface area contributed by atoms with Crippen molar-refractivity contribution in [1.82, 2.24) is 5.32 Å². The highest BCUT2D eigenvalue weighted by Crippen LogP contribution is 2.39. The zero-order valence-electron chi connectivity index (χ0n) is 11.6. The molecule has 2 rings (SSSR count). The molecular weight excluding hydrogens is 194 g/mol. The molecule has 0 amide bonds. The van der Waals surface area contributed by atoms with Gasteiger partial charge in [-0.25, -0.2) is 0 Å². The van der Waals surface area contributed by atoms with Crippen LogP contribution in [0.4, 0.5) is 0 Å². The molecule has 0 heterocycles. The minimum atomic E-state index is 0.582. The van der Waals surface area contributed by atoms with Crippen LogP contribution in [0.3, 0.4) is 0 Å². The van der Waals surface area contributed by atoms with Crippen LogP contribution in [0.25, 0.3) is 0 Å². The van der Waals surface area contributed by atoms with Crippen LogP contribution < -0.4 is 5.32 Å². The number of nitrogens with one attached hydrogen (secondary N) is 1. The maximum absolute atomic E-state index is 3.96. The van der Waals surface area contributed by atoms with Gasteiger partial charge >= 0.3 is 0 Å². The molecule has 0 aromatic rings. The first-order chi connectivity index (χ1) is 7.48. The largest absolute Gasteiger partial charge is 0.311 e. The molecule has 0 aromatic carbocycles. The van der Waals surface area contributed by atoms with Crippen molar-refractivity contribution in [2.45, 2.75) is 78.3 Å². The van der Waals surface area contributed by atoms with E-state index in [-0.39, 0.29) is 0 Å². The zero-order valence-corrected chi connectivity index (χ0v) is 11.6. The van der Waals surface area contributed by atoms with E-state index in [1.54, 1.807) is 0 Å². The fraction of sp³-hybridized carbons (Fsp3) is 1.00. The highest BCUT2D eigenvalue weighted by Gasteiger charge is 2.34. The van der Waals surface area contributed by atoms with E-state index >= 15 is 0 Å². The Morgan fingerprint density at radius 2 is 1.62 bits per heavy atom. The van der Waals surface area contributed by atoms with Crippen molar-refractivity contribution in [3.8, 4) is 0 Å². The van der Waals surface area contributed by atoms with Gasteiger partial charge in [-0.1, -0.05) is 34.1 Å². The molecule has 2 aliphatic rings. The Morgan fingerprint density at radius 1 is 0.938 bits per heavy atom. The second kappa shape index (κ2) is 4.68. The van der Waals surface area contributed by atoms with Gasteiger partial charge in [0, 0.05) is 12.1 Å². The average Bonchev–Trinajstić information content (AvgIpc) is 2.56. The summed E-state index contributed by atoms with van der Waals surface area (Å²) < 4.78 is 0. The van der Waals surface area contributed by atoms with Crippen LogP contribution in [0, 0.1) is 17.3 Å². The van der Waals surface area contributed by atoms with Crippen LogP contribution in [0.15, 0.2) is 0 Å². The fourth-order valence-electron chi connectivity index (χ4n) is 3.86. The molecule has 16 heavy (non-hydrogen) atoms. The maximum atomic E-state index is 3.96. The summed E-state index contributed by atoms with van der Waals surface area (Å²) in [7, 11) is 0. The van der Waals surface area contributed by atoms with Gasteiger partial charge in [-0.15, -0.1) is 0 Å². The highest BCUT2D eigenvalue weighted by molar-refractivity contribution is 4.91. The van der Waals surface area contributed by atoms with Gasteiger partial charge in [-0.3, -0.25) is 0 Å². The molecule has 2 saturated carbocycles. The van der Waals surface area contributed by atoms with Crippen LogP contribution in [-0.4, -0.2) is 12.1 Å². The van der Waals surface area contributed by atoms with Crippen LogP contribution in [-0.2, 0) is 0 Å². The molecule has 0 radical (unpaired) electrons. The van der Waals surface area contributed by atoms with Gasteiger partial charge in [0.25, 0.3) is 0 Å². The lowest BCUT2D eigenvalue weighted by Gasteiger charge is -2.41. The molecular formula is C15H29N. The second-order valence-corrected chi connectivity index (χ2v) is 7.17. The lowest BCUT2D eigenvalue weighted by molar-refractivity contribution is 0.137. The summed E-state index contributed by atoms with van der Waals surface area (Å²) in [5, 5.41) is 3.96. The quantitative estimate of drug-likeness (QED) is 0.746. The van der Waals surface area contributed by atoms with Crippen LogP contribution >= 0.6 is 0 Å². The lowest BCUT2D eigenvalue weighted by Crippen LogP contribution is -2.47. The van der Waals surface area contributed by atoms with E-state index in [2.05, 4.69) is 33.0 Å². The zero-order chi connectivity index (χ0) is 11.8. The smallest absolute Gasteiger partial charge is 0.00957 e. The molecule has 0 bridgehead atoms. The van der Waals surface area contributed by atoms with Crippen molar-refractivity contribution < 1.29 is 0 Å². The van der Waals surface area contributed by atoms with Gasteiger partial charge in [0.05, 0.1) is 0 Å². The van der Waals surface area contributed by atoms with Crippen molar-refractivity contribution in [2.24, 2.45) is 17.3 Å². The third kappa shape index (κ3) is 2.80. The molecule has 0 aromatic heterocycles. The van der Waals surface area contributed by atoms with Gasteiger partial charge in [-0.2, -0.15) is 0 Å². The van der Waals surface area contributed by atoms with Crippen LogP contribution in [0.5, 0.6) is 0 Å². The molecule has 94 valence electrons. The molecule has 2 fully saturated rings. The number of hydrogen-bond acceptors (Lipinski definition) is 1. The first-order valence-corrected chi connectivity index (χ1v) is 7.24. The van der Waals surface area contributed by atoms with Crippen molar-refractivity contribution in [2.75, 3.05) is 0 Å². The van der Waals surface area contributed by atoms with Gasteiger partial charge in [0.2, 0.25) is 0 Å². The van der Waals surface area contributed by atoms with E-state index in [1.165, 1.54) is 38.5 Å². The second-order valence-electron chi connectivity index (χ2n) is 7.17. The summed E-state index contributed by atoms with van der Waals surface area (Å²) in [5.74, 6) is 1.76. The van der Waals surface area contributed by atoms with Crippen LogP contribution in [0.2, 0.25) is 0 Å². The number of hydrogen-bond donors (Lipinski definition) is 1. The fourth-order valence-corrected chi connectivity index (χ4v) is 3.86. The molecule has 0 aliphatic heterocycles. The van der Waals surface area contributed by atoms with Crippen LogP contribution in [0.1, 0.15) is 66.2 Å². The topological polar surface area (TPSA) is 12.0 Å². The Morgan fingerprint density at radius 3 is 2.19 bits per heavy atom. The van der Waals surface area contributed by atoms with E-state index in [4.69, 9.17) is 0 Å². The Labute approximate surface area is 101 Å². The molecule has 0 spiro atoms. The third-order valence-corrected chi connectivity index (χ3v) is 4.98. The Balaban J connectivity index is 1.86. The summed E-state index contributed by atoms with van der Waals surface area (Å²) in [4.78, 5) is 0. The Bertz CT molecular complexity index is 234. The number of rotatable bonds is 2. The van der Waals surface area contributed by atoms with E-state index in [0.717, 1.165) is 23.9 Å². The molecule has 2 aliphatic carbocycles. The van der Waals surface area contributed by atoms with E-state index in [9.17, 15) is 0 Å². The van der Waals surface area contributed by atoms with Gasteiger partial charge in [0.15, 0.2) is 0 Å². The molecule has 4 atom stereocenters. The maximum Gasteiger partial charge on any atom is 0.00957 e. The summed E-state index contributed by atoms with van der Waals surface area (Å²) in [6, 6.07) is 1.60. The summed E-state index contributed by atoms with van der Waals surface area (Å²) >= 11 is 0. The first-order valence-electron chi connectivity index (χ1n) is 7.24. The average molecular weight is 223 g/mol. The minimum absolute atomic E-state index is 0.582. The van der Waals surface area contributed by atoms with Crippen molar-refractivity contribution in [1.29, 1.82) is 0 Å². The highest BCUT2D eigenvalue weighted by atomic mass is 15.0. The molecule has 1 nitrogen and oxygen atoms in total. The lowest BCUT2D eigenvalue weighted by atomic mass is 9.70. The van der Waals surface area contributed by atoms with E-state index in [1.807, 2.05) is 0 Å². The normalized spacial score (nSPS) is 43.5. The van der Waals surface area contributed by atoms with Gasteiger partial charge < -0.3 is 5.32 Å². The van der Waals surface area contributed by atoms with Gasteiger partial charge in [0.1, 0.15) is 0 Å². The summed E-state index contributed by atoms with van der Waals surface area (Å²) in [6.45, 7) is 9.72. The first kappa shape index (κ1) is 12.4. The summed E-state index contributed by atoms with van der Waals surface area (Å²) in [5.41, 5.74) is 0.582. The predicted molar refractivity (Wildman–Crippen MR) is 70.5 cm³/mol. The van der Waals surface area contributed by atoms with E-state index < -0.39 is 0 Å². The van der Waals surface area contributed by atoms with Crippen molar-refractivity contribution in [3.63, 3.8) is 0 Å². The van der Waals surface area contributed by atoms with E-state index in [0.29, 0.717) is 5.41 Å². The van der Waals surface area contributed by atoms with Crippen molar-refractivity contribution >= 4 is 0 Å².